The number of thiophene rings is 1. The third-order valence-corrected chi connectivity index (χ3v) is 4.44. The molecule has 0 saturated heterocycles. The van der Waals surface area contributed by atoms with Crippen molar-refractivity contribution in [2.75, 3.05) is 0 Å². The molecule has 129 valence electrons. The molecule has 0 fully saturated rings. The minimum atomic E-state index is -0.255. The fourth-order valence-electron chi connectivity index (χ4n) is 2.48. The van der Waals surface area contributed by atoms with Crippen LogP contribution in [0, 0.1) is 26.7 Å². The van der Waals surface area contributed by atoms with Crippen LogP contribution in [0.3, 0.4) is 0 Å². The first kappa shape index (κ1) is 23.6. The van der Waals surface area contributed by atoms with Gasteiger partial charge in [-0.05, 0) is 29.5 Å². The molecule has 0 spiro atoms. The zero-order valence-electron chi connectivity index (χ0n) is 15.0. The van der Waals surface area contributed by atoms with Crippen molar-refractivity contribution in [1.82, 2.24) is 4.57 Å². The third kappa shape index (κ3) is 4.41. The molecular formula is C20H22NO2SY-. The molecule has 2 aromatic heterocycles. The number of aromatic hydroxyl groups is 1. The monoisotopic (exact) mass is 429 g/mol. The summed E-state index contributed by atoms with van der Waals surface area (Å²) >= 11 is 1.40. The van der Waals surface area contributed by atoms with E-state index in [9.17, 15) is 9.90 Å². The van der Waals surface area contributed by atoms with Crippen molar-refractivity contribution in [1.29, 1.82) is 0 Å². The molecule has 3 aromatic rings. The Morgan fingerprint density at radius 2 is 1.88 bits per heavy atom. The zero-order chi connectivity index (χ0) is 17.0. The molecule has 0 bridgehead atoms. The minimum Gasteiger partial charge on any atom is -0.506 e. The molecule has 25 heavy (non-hydrogen) atoms. The number of fused-ring (bicyclic) bond motifs is 1. The van der Waals surface area contributed by atoms with Crippen molar-refractivity contribution in [2.24, 2.45) is 0 Å². The first-order valence-electron chi connectivity index (χ1n) is 7.47. The van der Waals surface area contributed by atoms with Gasteiger partial charge < -0.3 is 12.5 Å². The first-order chi connectivity index (χ1) is 11.1. The van der Waals surface area contributed by atoms with Gasteiger partial charge in [0.15, 0.2) is 0 Å². The SMILES string of the molecule is C#CCn1c(=O)c(-c2ccccc2C)c(O)c2ccsc21.CC.[CH3-].[Y]. The third-order valence-electron chi connectivity index (χ3n) is 3.50. The van der Waals surface area contributed by atoms with Crippen LogP contribution in [0.2, 0.25) is 0 Å². The molecule has 0 amide bonds. The van der Waals surface area contributed by atoms with Gasteiger partial charge in [-0.25, -0.2) is 0 Å². The molecule has 0 saturated carbocycles. The van der Waals surface area contributed by atoms with E-state index in [-0.39, 0.29) is 58.0 Å². The van der Waals surface area contributed by atoms with E-state index in [1.165, 1.54) is 11.3 Å². The van der Waals surface area contributed by atoms with Crippen molar-refractivity contribution in [2.45, 2.75) is 27.3 Å². The van der Waals surface area contributed by atoms with Gasteiger partial charge in [0.2, 0.25) is 0 Å². The molecule has 5 heteroatoms. The predicted octanol–water partition coefficient (Wildman–Crippen LogP) is 4.85. The number of pyridine rings is 1. The van der Waals surface area contributed by atoms with Gasteiger partial charge in [-0.2, -0.15) is 0 Å². The predicted molar refractivity (Wildman–Crippen MR) is 105 cm³/mol. The van der Waals surface area contributed by atoms with Gasteiger partial charge in [0.25, 0.3) is 5.56 Å². The van der Waals surface area contributed by atoms with E-state index in [1.54, 1.807) is 4.57 Å². The van der Waals surface area contributed by atoms with E-state index in [1.807, 2.05) is 56.5 Å². The van der Waals surface area contributed by atoms with Gasteiger partial charge >= 0.3 is 0 Å². The molecule has 0 aliphatic heterocycles. The molecule has 3 rings (SSSR count). The Bertz CT molecular complexity index is 935. The molecule has 0 atom stereocenters. The van der Waals surface area contributed by atoms with Crippen LogP contribution in [0.5, 0.6) is 5.75 Å². The summed E-state index contributed by atoms with van der Waals surface area (Å²) in [4.78, 5) is 13.5. The van der Waals surface area contributed by atoms with Gasteiger partial charge in [0, 0.05) is 32.7 Å². The maximum Gasteiger partial charge on any atom is 0.264 e. The summed E-state index contributed by atoms with van der Waals surface area (Å²) < 4.78 is 1.54. The van der Waals surface area contributed by atoms with Gasteiger partial charge in [-0.15, -0.1) is 17.8 Å². The Morgan fingerprint density at radius 1 is 1.24 bits per heavy atom. The normalized spacial score (nSPS) is 9.20. The van der Waals surface area contributed by atoms with E-state index in [4.69, 9.17) is 6.42 Å². The van der Waals surface area contributed by atoms with Crippen LogP contribution in [0.25, 0.3) is 21.3 Å². The quantitative estimate of drug-likeness (QED) is 0.468. The summed E-state index contributed by atoms with van der Waals surface area (Å²) in [5.74, 6) is 2.53. The molecule has 0 unspecified atom stereocenters. The van der Waals surface area contributed by atoms with Crippen LogP contribution in [-0.2, 0) is 39.3 Å². The Balaban J connectivity index is 0.00000139. The van der Waals surface area contributed by atoms with Crippen LogP contribution in [-0.4, -0.2) is 9.67 Å². The maximum absolute atomic E-state index is 12.8. The molecule has 1 N–H and O–H groups in total. The summed E-state index contributed by atoms with van der Waals surface area (Å²) in [6.45, 7) is 6.10. The average molecular weight is 429 g/mol. The van der Waals surface area contributed by atoms with Gasteiger partial charge in [0.1, 0.15) is 10.6 Å². The Hall–Kier alpha value is -1.41. The summed E-state index contributed by atoms with van der Waals surface area (Å²) in [5, 5.41) is 13.0. The van der Waals surface area contributed by atoms with Crippen LogP contribution in [0.4, 0.5) is 0 Å². The molecule has 1 radical (unpaired) electrons. The van der Waals surface area contributed by atoms with Crippen LogP contribution >= 0.6 is 11.3 Å². The van der Waals surface area contributed by atoms with Crippen molar-refractivity contribution in [3.63, 3.8) is 0 Å². The van der Waals surface area contributed by atoms with Crippen LogP contribution in [0.15, 0.2) is 40.5 Å². The molecule has 2 heterocycles. The Morgan fingerprint density at radius 3 is 2.48 bits per heavy atom. The smallest absolute Gasteiger partial charge is 0.264 e. The second kappa shape index (κ2) is 10.6. The maximum atomic E-state index is 12.8. The van der Waals surface area contributed by atoms with Crippen molar-refractivity contribution in [3.05, 3.63) is 59.1 Å². The number of benzene rings is 1. The molecule has 3 nitrogen and oxygen atoms in total. The average Bonchev–Trinajstić information content (AvgIpc) is 3.05. The zero-order valence-corrected chi connectivity index (χ0v) is 18.7. The molecule has 0 aliphatic carbocycles. The van der Waals surface area contributed by atoms with Gasteiger partial charge in [0.05, 0.1) is 17.5 Å². The molecule has 1 aromatic carbocycles. The van der Waals surface area contributed by atoms with Crippen molar-refractivity contribution < 1.29 is 37.8 Å². The Kier molecular flexibility index (Phi) is 9.96. The number of hydrogen-bond acceptors (Lipinski definition) is 3. The van der Waals surface area contributed by atoms with E-state index >= 15 is 0 Å². The standard InChI is InChI=1S/C17H13NO2S.C2H6.CH3.Y/c1-3-9-18-16(20)14(12-7-5-4-6-11(12)2)15(19)13-8-10-21-17(13)18;1-2;;/h1,4-8,10,19H,9H2,2H3;1-2H3;1H3;/q;;-1;. The second-order valence-corrected chi connectivity index (χ2v) is 5.67. The van der Waals surface area contributed by atoms with Crippen molar-refractivity contribution in [3.8, 4) is 29.2 Å². The second-order valence-electron chi connectivity index (χ2n) is 4.77. The molecular weight excluding hydrogens is 407 g/mol. The summed E-state index contributed by atoms with van der Waals surface area (Å²) in [6, 6.07) is 9.31. The largest absolute Gasteiger partial charge is 0.506 e. The van der Waals surface area contributed by atoms with Crippen LogP contribution in [0.1, 0.15) is 19.4 Å². The number of hydrogen-bond donors (Lipinski definition) is 1. The van der Waals surface area contributed by atoms with Gasteiger partial charge in [-0.3, -0.25) is 9.36 Å². The summed E-state index contributed by atoms with van der Waals surface area (Å²) in [6.07, 6.45) is 5.38. The number of terminal acetylenes is 1. The topological polar surface area (TPSA) is 42.2 Å². The number of rotatable bonds is 2. The first-order valence-corrected chi connectivity index (χ1v) is 8.35. The van der Waals surface area contributed by atoms with Crippen molar-refractivity contribution >= 4 is 21.6 Å². The number of nitrogens with zero attached hydrogens (tertiary/aromatic N) is 1. The summed E-state index contributed by atoms with van der Waals surface area (Å²) in [5.41, 5.74) is 1.73. The number of aryl methyl sites for hydroxylation is 1. The van der Waals surface area contributed by atoms with Gasteiger partial charge in [-0.1, -0.05) is 44.0 Å². The number of aromatic nitrogens is 1. The van der Waals surface area contributed by atoms with E-state index in [0.717, 1.165) is 11.1 Å². The van der Waals surface area contributed by atoms with E-state index in [0.29, 0.717) is 15.8 Å². The fraction of sp³-hybridized carbons (Fsp3) is 0.200. The fourth-order valence-corrected chi connectivity index (χ4v) is 3.38. The summed E-state index contributed by atoms with van der Waals surface area (Å²) in [7, 11) is 0. The molecule has 0 aliphatic rings. The van der Waals surface area contributed by atoms with E-state index < -0.39 is 0 Å². The minimum absolute atomic E-state index is 0. The Labute approximate surface area is 178 Å². The van der Waals surface area contributed by atoms with E-state index in [2.05, 4.69) is 5.92 Å². The van der Waals surface area contributed by atoms with Crippen LogP contribution < -0.4 is 5.56 Å².